The maximum absolute atomic E-state index is 8.78. The number of oxime groups is 1. The van der Waals surface area contributed by atoms with Crippen LogP contribution in [-0.2, 0) is 13.1 Å². The van der Waals surface area contributed by atoms with Crippen LogP contribution in [0.1, 0.15) is 32.0 Å². The molecule has 1 aliphatic rings. The van der Waals surface area contributed by atoms with Crippen molar-refractivity contribution in [1.82, 2.24) is 19.7 Å². The molecule has 0 aliphatic carbocycles. The third-order valence-electron chi connectivity index (χ3n) is 3.30. The highest BCUT2D eigenvalue weighted by Crippen LogP contribution is 2.19. The third-order valence-corrected chi connectivity index (χ3v) is 3.30. The second kappa shape index (κ2) is 5.81. The third kappa shape index (κ3) is 2.61. The van der Waals surface area contributed by atoms with E-state index in [0.717, 1.165) is 38.2 Å². The van der Waals surface area contributed by atoms with Crippen LogP contribution in [0.15, 0.2) is 11.5 Å². The minimum atomic E-state index is 0.0155. The van der Waals surface area contributed by atoms with Crippen molar-refractivity contribution < 1.29 is 5.21 Å². The number of nitrogens with zero attached hydrogens (tertiary/aromatic N) is 5. The Morgan fingerprint density at radius 2 is 2.50 bits per heavy atom. The second-order valence-corrected chi connectivity index (χ2v) is 4.55. The molecule has 0 bridgehead atoms. The molecule has 1 aromatic rings. The lowest BCUT2D eigenvalue weighted by molar-refractivity contribution is 0.265. The molecule has 0 radical (unpaired) electrons. The highest BCUT2D eigenvalue weighted by molar-refractivity contribution is 5.85. The van der Waals surface area contributed by atoms with Crippen LogP contribution in [0.3, 0.4) is 0 Å². The molecule has 1 aliphatic heterocycles. The van der Waals surface area contributed by atoms with Crippen LogP contribution in [0.5, 0.6) is 0 Å². The largest absolute Gasteiger partial charge is 0.409 e. The number of aromatic nitrogens is 3. The SMILES string of the molecule is CCCn1ncnc1CN1CCCC1C(N)=NO. The summed E-state index contributed by atoms with van der Waals surface area (Å²) in [6, 6.07) is 0.0155. The minimum Gasteiger partial charge on any atom is -0.409 e. The molecule has 0 amide bonds. The smallest absolute Gasteiger partial charge is 0.156 e. The second-order valence-electron chi connectivity index (χ2n) is 4.55. The fourth-order valence-electron chi connectivity index (χ4n) is 2.41. The summed E-state index contributed by atoms with van der Waals surface area (Å²) < 4.78 is 1.92. The molecule has 0 aromatic carbocycles. The molecule has 100 valence electrons. The Kier molecular flexibility index (Phi) is 4.14. The zero-order chi connectivity index (χ0) is 13.0. The van der Waals surface area contributed by atoms with Crippen molar-refractivity contribution >= 4 is 5.84 Å². The number of nitrogens with two attached hydrogens (primary N) is 1. The van der Waals surface area contributed by atoms with Crippen LogP contribution in [-0.4, -0.2) is 43.3 Å². The zero-order valence-corrected chi connectivity index (χ0v) is 10.7. The van der Waals surface area contributed by atoms with Crippen LogP contribution in [0.25, 0.3) is 0 Å². The Hall–Kier alpha value is -1.63. The Labute approximate surface area is 106 Å². The first-order chi connectivity index (χ1) is 8.76. The van der Waals surface area contributed by atoms with E-state index in [1.807, 2.05) is 4.68 Å². The van der Waals surface area contributed by atoms with E-state index in [-0.39, 0.29) is 11.9 Å². The van der Waals surface area contributed by atoms with E-state index >= 15 is 0 Å². The summed E-state index contributed by atoms with van der Waals surface area (Å²) >= 11 is 0. The van der Waals surface area contributed by atoms with Gasteiger partial charge in [0.1, 0.15) is 12.2 Å². The van der Waals surface area contributed by atoms with Gasteiger partial charge in [0.15, 0.2) is 5.84 Å². The van der Waals surface area contributed by atoms with Gasteiger partial charge in [0.25, 0.3) is 0 Å². The van der Waals surface area contributed by atoms with E-state index < -0.39 is 0 Å². The van der Waals surface area contributed by atoms with Gasteiger partial charge >= 0.3 is 0 Å². The maximum Gasteiger partial charge on any atom is 0.156 e. The Morgan fingerprint density at radius 3 is 3.22 bits per heavy atom. The molecule has 0 spiro atoms. The molecule has 7 heteroatoms. The van der Waals surface area contributed by atoms with Gasteiger partial charge < -0.3 is 10.9 Å². The number of hydrogen-bond donors (Lipinski definition) is 2. The first-order valence-electron chi connectivity index (χ1n) is 6.34. The average Bonchev–Trinajstić information content (AvgIpc) is 3.00. The van der Waals surface area contributed by atoms with Gasteiger partial charge in [0.2, 0.25) is 0 Å². The van der Waals surface area contributed by atoms with Crippen molar-refractivity contribution in [2.24, 2.45) is 10.9 Å². The summed E-state index contributed by atoms with van der Waals surface area (Å²) in [5.41, 5.74) is 5.71. The van der Waals surface area contributed by atoms with Crippen molar-refractivity contribution in [3.8, 4) is 0 Å². The molecule has 1 aromatic heterocycles. The van der Waals surface area contributed by atoms with Crippen molar-refractivity contribution in [2.75, 3.05) is 6.54 Å². The number of hydrogen-bond acceptors (Lipinski definition) is 5. The van der Waals surface area contributed by atoms with Gasteiger partial charge in [-0.1, -0.05) is 12.1 Å². The average molecular weight is 252 g/mol. The van der Waals surface area contributed by atoms with Crippen molar-refractivity contribution in [2.45, 2.75) is 45.3 Å². The highest BCUT2D eigenvalue weighted by Gasteiger charge is 2.29. The van der Waals surface area contributed by atoms with E-state index in [1.54, 1.807) is 6.33 Å². The van der Waals surface area contributed by atoms with Gasteiger partial charge in [0, 0.05) is 6.54 Å². The summed E-state index contributed by atoms with van der Waals surface area (Å²) in [5, 5.41) is 16.1. The number of aryl methyl sites for hydroxylation is 1. The van der Waals surface area contributed by atoms with Gasteiger partial charge in [-0.3, -0.25) is 4.90 Å². The molecular weight excluding hydrogens is 232 g/mol. The summed E-state index contributed by atoms with van der Waals surface area (Å²) in [6.07, 6.45) is 4.60. The molecule has 3 N–H and O–H groups in total. The lowest BCUT2D eigenvalue weighted by Gasteiger charge is -2.22. The monoisotopic (exact) mass is 252 g/mol. The van der Waals surface area contributed by atoms with Crippen molar-refractivity contribution in [3.63, 3.8) is 0 Å². The molecular formula is C11H20N6O. The lowest BCUT2D eigenvalue weighted by atomic mass is 10.2. The summed E-state index contributed by atoms with van der Waals surface area (Å²) in [5.74, 6) is 1.23. The van der Waals surface area contributed by atoms with E-state index in [1.165, 1.54) is 0 Å². The molecule has 0 saturated carbocycles. The molecule has 18 heavy (non-hydrogen) atoms. The van der Waals surface area contributed by atoms with Gasteiger partial charge in [0.05, 0.1) is 12.6 Å². The standard InChI is InChI=1S/C11H20N6O/c1-2-5-17-10(13-8-14-17)7-16-6-3-4-9(16)11(12)15-18/h8-9,18H,2-7H2,1H3,(H2,12,15). The normalized spacial score (nSPS) is 21.6. The van der Waals surface area contributed by atoms with Crippen molar-refractivity contribution in [3.05, 3.63) is 12.2 Å². The lowest BCUT2D eigenvalue weighted by Crippen LogP contribution is -2.40. The number of rotatable bonds is 5. The fraction of sp³-hybridized carbons (Fsp3) is 0.727. The topological polar surface area (TPSA) is 92.6 Å². The molecule has 1 unspecified atom stereocenters. The van der Waals surface area contributed by atoms with Crippen LogP contribution in [0.2, 0.25) is 0 Å². The van der Waals surface area contributed by atoms with E-state index in [9.17, 15) is 0 Å². The van der Waals surface area contributed by atoms with Gasteiger partial charge in [-0.15, -0.1) is 0 Å². The number of likely N-dealkylation sites (tertiary alicyclic amines) is 1. The van der Waals surface area contributed by atoms with Crippen LogP contribution in [0.4, 0.5) is 0 Å². The van der Waals surface area contributed by atoms with E-state index in [2.05, 4.69) is 27.1 Å². The van der Waals surface area contributed by atoms with Gasteiger partial charge in [-0.05, 0) is 25.8 Å². The predicted octanol–water partition coefficient (Wildman–Crippen LogP) is 0.399. The summed E-state index contributed by atoms with van der Waals surface area (Å²) in [4.78, 5) is 6.47. The van der Waals surface area contributed by atoms with Crippen LogP contribution < -0.4 is 5.73 Å². The highest BCUT2D eigenvalue weighted by atomic mass is 16.4. The van der Waals surface area contributed by atoms with Gasteiger partial charge in [-0.2, -0.15) is 5.10 Å². The Bertz CT molecular complexity index is 415. The minimum absolute atomic E-state index is 0.0155. The molecule has 1 fully saturated rings. The first-order valence-corrected chi connectivity index (χ1v) is 6.34. The maximum atomic E-state index is 8.78. The predicted molar refractivity (Wildman–Crippen MR) is 67.2 cm³/mol. The quantitative estimate of drug-likeness (QED) is 0.342. The molecule has 7 nitrogen and oxygen atoms in total. The van der Waals surface area contributed by atoms with E-state index in [0.29, 0.717) is 6.54 Å². The number of amidine groups is 1. The molecule has 1 saturated heterocycles. The summed E-state index contributed by atoms with van der Waals surface area (Å²) in [7, 11) is 0. The molecule has 1 atom stereocenters. The van der Waals surface area contributed by atoms with Crippen LogP contribution >= 0.6 is 0 Å². The summed E-state index contributed by atoms with van der Waals surface area (Å²) in [6.45, 7) is 4.62. The van der Waals surface area contributed by atoms with Crippen LogP contribution in [0, 0.1) is 0 Å². The molecule has 2 heterocycles. The Morgan fingerprint density at radius 1 is 1.67 bits per heavy atom. The zero-order valence-electron chi connectivity index (χ0n) is 10.7. The Balaban J connectivity index is 2.06. The first kappa shape index (κ1) is 12.8. The van der Waals surface area contributed by atoms with Gasteiger partial charge in [-0.25, -0.2) is 9.67 Å². The van der Waals surface area contributed by atoms with Crippen molar-refractivity contribution in [1.29, 1.82) is 0 Å². The molecule has 2 rings (SSSR count). The van der Waals surface area contributed by atoms with E-state index in [4.69, 9.17) is 10.9 Å². The fourth-order valence-corrected chi connectivity index (χ4v) is 2.41.